The molecule has 2 heterocycles. The fraction of sp³-hybridized carbons (Fsp3) is 0.481. The molecule has 194 valence electrons. The number of rotatable bonds is 9. The molecule has 2 aliphatic rings. The van der Waals surface area contributed by atoms with Gasteiger partial charge in [-0.25, -0.2) is 0 Å². The summed E-state index contributed by atoms with van der Waals surface area (Å²) in [5.41, 5.74) is 3.17. The molecule has 3 N–H and O–H groups in total. The van der Waals surface area contributed by atoms with Gasteiger partial charge < -0.3 is 29.7 Å². The Morgan fingerprint density at radius 1 is 1.03 bits per heavy atom. The van der Waals surface area contributed by atoms with Gasteiger partial charge in [0.05, 0.1) is 38.4 Å². The summed E-state index contributed by atoms with van der Waals surface area (Å²) in [5.74, 6) is -1.30. The number of aliphatic hydroxyl groups excluding tert-OH is 1. The van der Waals surface area contributed by atoms with Crippen molar-refractivity contribution >= 4 is 17.6 Å². The first kappa shape index (κ1) is 26.2. The summed E-state index contributed by atoms with van der Waals surface area (Å²) >= 11 is 0. The first-order valence-corrected chi connectivity index (χ1v) is 12.3. The zero-order valence-corrected chi connectivity index (χ0v) is 20.5. The van der Waals surface area contributed by atoms with Crippen molar-refractivity contribution in [1.29, 1.82) is 0 Å². The highest BCUT2D eigenvalue weighted by atomic mass is 16.7. The van der Waals surface area contributed by atoms with Gasteiger partial charge in [-0.05, 0) is 23.3 Å². The molecule has 0 saturated carbocycles. The van der Waals surface area contributed by atoms with E-state index in [1.807, 2.05) is 36.4 Å². The molecule has 2 aromatic carbocycles. The predicted octanol–water partition coefficient (Wildman–Crippen LogP) is 3.11. The average Bonchev–Trinajstić information content (AvgIpc) is 2.89. The third-order valence-electron chi connectivity index (χ3n) is 6.67. The molecule has 4 atom stereocenters. The first-order chi connectivity index (χ1) is 17.4. The number of hydrogen-bond acceptors (Lipinski definition) is 7. The molecular weight excluding hydrogens is 464 g/mol. The summed E-state index contributed by atoms with van der Waals surface area (Å²) in [7, 11) is 0. The molecular formula is C27H34N2O7. The number of anilines is 1. The van der Waals surface area contributed by atoms with Crippen LogP contribution in [0.3, 0.4) is 0 Å². The lowest BCUT2D eigenvalue weighted by Gasteiger charge is -2.43. The van der Waals surface area contributed by atoms with E-state index in [1.165, 1.54) is 0 Å². The maximum Gasteiger partial charge on any atom is 0.303 e. The van der Waals surface area contributed by atoms with Crippen LogP contribution in [-0.2, 0) is 30.4 Å². The van der Waals surface area contributed by atoms with Gasteiger partial charge in [0.25, 0.3) is 0 Å². The van der Waals surface area contributed by atoms with E-state index in [4.69, 9.17) is 19.3 Å². The fourth-order valence-corrected chi connectivity index (χ4v) is 4.57. The molecule has 9 heteroatoms. The average molecular weight is 499 g/mol. The molecule has 2 saturated heterocycles. The van der Waals surface area contributed by atoms with Crippen molar-refractivity contribution in [3.8, 4) is 0 Å². The second-order valence-electron chi connectivity index (χ2n) is 9.30. The topological polar surface area (TPSA) is 118 Å². The number of benzene rings is 2. The molecule has 0 bridgehead atoms. The van der Waals surface area contributed by atoms with Crippen LogP contribution in [0.15, 0.2) is 48.5 Å². The largest absolute Gasteiger partial charge is 0.481 e. The Morgan fingerprint density at radius 2 is 1.78 bits per heavy atom. The second-order valence-corrected chi connectivity index (χ2v) is 9.30. The Kier molecular flexibility index (Phi) is 9.06. The second kappa shape index (κ2) is 12.4. The third-order valence-corrected chi connectivity index (χ3v) is 6.67. The van der Waals surface area contributed by atoms with E-state index in [1.54, 1.807) is 12.1 Å². The van der Waals surface area contributed by atoms with E-state index >= 15 is 0 Å². The Balaban J connectivity index is 1.54. The minimum atomic E-state index is -1.01. The molecule has 0 aliphatic carbocycles. The normalized spacial score (nSPS) is 24.8. The number of nitrogens with zero attached hydrogens (tertiary/aromatic N) is 1. The highest BCUT2D eigenvalue weighted by Crippen LogP contribution is 2.42. The van der Waals surface area contributed by atoms with E-state index < -0.39 is 12.3 Å². The molecule has 4 rings (SSSR count). The summed E-state index contributed by atoms with van der Waals surface area (Å²) in [6, 6.07) is 15.0. The lowest BCUT2D eigenvalue weighted by molar-refractivity contribution is -0.277. The number of ether oxygens (including phenoxy) is 3. The van der Waals surface area contributed by atoms with Crippen molar-refractivity contribution < 1.29 is 34.0 Å². The third kappa shape index (κ3) is 6.89. The minimum absolute atomic E-state index is 0.0161. The highest BCUT2D eigenvalue weighted by Gasteiger charge is 2.39. The van der Waals surface area contributed by atoms with Crippen molar-refractivity contribution in [2.24, 2.45) is 5.92 Å². The van der Waals surface area contributed by atoms with Crippen molar-refractivity contribution in [3.05, 3.63) is 65.2 Å². The summed E-state index contributed by atoms with van der Waals surface area (Å²) in [4.78, 5) is 25.2. The lowest BCUT2D eigenvalue weighted by Crippen LogP contribution is -2.47. The Morgan fingerprint density at radius 3 is 2.47 bits per heavy atom. The van der Waals surface area contributed by atoms with Crippen LogP contribution in [0, 0.1) is 5.92 Å². The number of carboxylic acid groups (broad SMARTS) is 1. The van der Waals surface area contributed by atoms with Crippen molar-refractivity contribution in [2.45, 2.75) is 44.9 Å². The molecule has 9 nitrogen and oxygen atoms in total. The molecule has 2 aliphatic heterocycles. The Labute approximate surface area is 211 Å². The molecule has 0 aromatic heterocycles. The summed E-state index contributed by atoms with van der Waals surface area (Å²) < 4.78 is 18.5. The van der Waals surface area contributed by atoms with Crippen molar-refractivity contribution in [1.82, 2.24) is 4.90 Å². The number of carboxylic acids is 1. The maximum atomic E-state index is 12.1. The smallest absolute Gasteiger partial charge is 0.303 e. The zero-order chi connectivity index (χ0) is 25.5. The number of hydrogen-bond donors (Lipinski definition) is 3. The molecule has 0 radical (unpaired) electrons. The predicted molar refractivity (Wildman–Crippen MR) is 132 cm³/mol. The molecule has 0 unspecified atom stereocenters. The van der Waals surface area contributed by atoms with Crippen LogP contribution < -0.4 is 5.32 Å². The maximum absolute atomic E-state index is 12.1. The first-order valence-electron chi connectivity index (χ1n) is 12.3. The molecule has 1 amide bonds. The Hall–Kier alpha value is -2.82. The van der Waals surface area contributed by atoms with Gasteiger partial charge >= 0.3 is 5.97 Å². The quantitative estimate of drug-likeness (QED) is 0.483. The van der Waals surface area contributed by atoms with Gasteiger partial charge in [0.1, 0.15) is 0 Å². The van der Waals surface area contributed by atoms with Gasteiger partial charge in [0, 0.05) is 43.2 Å². The lowest BCUT2D eigenvalue weighted by atomic mass is 9.90. The number of morpholine rings is 1. The summed E-state index contributed by atoms with van der Waals surface area (Å²) in [5, 5.41) is 21.0. The SMILES string of the molecule is C[C@H]1[C@@H](CN2CCOCC2)O[C@@H](c2cccc(NC(=O)CCC(=O)O)c2)O[C@H]1c1ccc(CO)cc1. The summed E-state index contributed by atoms with van der Waals surface area (Å²) in [6.07, 6.45) is -1.29. The van der Waals surface area contributed by atoms with Gasteiger partial charge in [0.2, 0.25) is 5.91 Å². The number of aliphatic hydroxyl groups is 1. The van der Waals surface area contributed by atoms with Crippen molar-refractivity contribution in [2.75, 3.05) is 38.2 Å². The minimum Gasteiger partial charge on any atom is -0.481 e. The van der Waals surface area contributed by atoms with Crippen LogP contribution in [0.5, 0.6) is 0 Å². The van der Waals surface area contributed by atoms with E-state index in [0.717, 1.165) is 36.3 Å². The van der Waals surface area contributed by atoms with E-state index in [9.17, 15) is 14.7 Å². The molecule has 2 fully saturated rings. The van der Waals surface area contributed by atoms with Crippen LogP contribution >= 0.6 is 0 Å². The van der Waals surface area contributed by atoms with Gasteiger partial charge in [-0.3, -0.25) is 14.5 Å². The van der Waals surface area contributed by atoms with Crippen molar-refractivity contribution in [3.63, 3.8) is 0 Å². The van der Waals surface area contributed by atoms with Gasteiger partial charge in [-0.15, -0.1) is 0 Å². The van der Waals surface area contributed by atoms with Gasteiger partial charge in [0.15, 0.2) is 6.29 Å². The van der Waals surface area contributed by atoms with E-state index in [-0.39, 0.29) is 43.5 Å². The highest BCUT2D eigenvalue weighted by molar-refractivity contribution is 5.92. The molecule has 36 heavy (non-hydrogen) atoms. The summed E-state index contributed by atoms with van der Waals surface area (Å²) in [6.45, 7) is 5.98. The Bertz CT molecular complexity index is 1020. The number of nitrogens with one attached hydrogen (secondary N) is 1. The number of carbonyl (C=O) groups is 2. The van der Waals surface area contributed by atoms with Crippen LogP contribution in [0.1, 0.15) is 48.8 Å². The standard InChI is InChI=1S/C27H34N2O7/c1-18-23(16-29-11-13-34-14-12-29)35-27(36-26(18)20-7-5-19(17-30)6-8-20)21-3-2-4-22(15-21)28-24(31)9-10-25(32)33/h2-8,15,18,23,26-27,30H,9-14,16-17H2,1H3,(H,28,31)(H,32,33)/t18-,23+,26+,27+/m0/s1. The van der Waals surface area contributed by atoms with Crippen LogP contribution in [0.2, 0.25) is 0 Å². The van der Waals surface area contributed by atoms with Gasteiger partial charge in [-0.1, -0.05) is 43.3 Å². The molecule has 2 aromatic rings. The van der Waals surface area contributed by atoms with Crippen LogP contribution in [0.4, 0.5) is 5.69 Å². The van der Waals surface area contributed by atoms with Crippen LogP contribution in [-0.4, -0.2) is 65.9 Å². The van der Waals surface area contributed by atoms with Crippen LogP contribution in [0.25, 0.3) is 0 Å². The monoisotopic (exact) mass is 498 g/mol. The molecule has 0 spiro atoms. The zero-order valence-electron chi connectivity index (χ0n) is 20.5. The number of amides is 1. The van der Waals surface area contributed by atoms with Gasteiger partial charge in [-0.2, -0.15) is 0 Å². The number of carbonyl (C=O) groups excluding carboxylic acids is 1. The van der Waals surface area contributed by atoms with E-state index in [2.05, 4.69) is 17.1 Å². The van der Waals surface area contributed by atoms with E-state index in [0.29, 0.717) is 18.9 Å². The fourth-order valence-electron chi connectivity index (χ4n) is 4.57. The number of aliphatic carboxylic acids is 1.